The molecule has 2 aliphatic rings. The second-order valence-corrected chi connectivity index (χ2v) is 7.45. The molecule has 2 fully saturated rings. The van der Waals surface area contributed by atoms with E-state index < -0.39 is 5.82 Å². The summed E-state index contributed by atoms with van der Waals surface area (Å²) >= 11 is 1.42. The molecular weight excluding hydrogens is 323 g/mol. The van der Waals surface area contributed by atoms with E-state index in [0.29, 0.717) is 22.5 Å². The summed E-state index contributed by atoms with van der Waals surface area (Å²) in [6, 6.07) is 9.03. The standard InChI is InChI=1S/C19H17FN2OS/c20-17-8-12(4-5-13(17)10-21)14-9-18(24-11-14)19(23)22-15-2-1-3-16(22)7-6-15/h4-5,8-9,11,15-16H,1-3,6-7H2. The van der Waals surface area contributed by atoms with Gasteiger partial charge in [0.25, 0.3) is 5.91 Å². The average Bonchev–Trinajstić information content (AvgIpc) is 3.17. The number of carbonyl (C=O) groups excluding carboxylic acids is 1. The number of piperidine rings is 1. The van der Waals surface area contributed by atoms with Crippen molar-refractivity contribution in [2.75, 3.05) is 0 Å². The highest BCUT2D eigenvalue weighted by Crippen LogP contribution is 2.38. The van der Waals surface area contributed by atoms with Gasteiger partial charge in [0.1, 0.15) is 11.9 Å². The lowest BCUT2D eigenvalue weighted by Crippen LogP contribution is -2.43. The van der Waals surface area contributed by atoms with Crippen LogP contribution in [0.4, 0.5) is 4.39 Å². The fourth-order valence-corrected chi connectivity index (χ4v) is 4.82. The number of carbonyl (C=O) groups is 1. The molecule has 0 N–H and O–H groups in total. The molecule has 0 saturated carbocycles. The van der Waals surface area contributed by atoms with Gasteiger partial charge in [-0.05, 0) is 66.8 Å². The second kappa shape index (κ2) is 6.03. The molecule has 2 aromatic rings. The van der Waals surface area contributed by atoms with Crippen molar-refractivity contribution < 1.29 is 9.18 Å². The van der Waals surface area contributed by atoms with Crippen molar-refractivity contribution in [2.45, 2.75) is 44.2 Å². The van der Waals surface area contributed by atoms with Gasteiger partial charge >= 0.3 is 0 Å². The molecule has 0 aliphatic carbocycles. The Labute approximate surface area is 144 Å². The Balaban J connectivity index is 1.60. The molecule has 5 heteroatoms. The van der Waals surface area contributed by atoms with Crippen LogP contribution in [0.2, 0.25) is 0 Å². The number of nitrogens with zero attached hydrogens (tertiary/aromatic N) is 2. The molecule has 2 atom stereocenters. The summed E-state index contributed by atoms with van der Waals surface area (Å²) in [6.07, 6.45) is 5.69. The number of hydrogen-bond acceptors (Lipinski definition) is 3. The van der Waals surface area contributed by atoms with Crippen LogP contribution in [-0.4, -0.2) is 22.9 Å². The molecule has 122 valence electrons. The van der Waals surface area contributed by atoms with Gasteiger partial charge in [-0.25, -0.2) is 4.39 Å². The molecule has 1 amide bonds. The first-order chi connectivity index (χ1) is 11.7. The maximum Gasteiger partial charge on any atom is 0.264 e. The lowest BCUT2D eigenvalue weighted by molar-refractivity contribution is 0.0600. The van der Waals surface area contributed by atoms with Crippen LogP contribution in [-0.2, 0) is 0 Å². The number of fused-ring (bicyclic) bond motifs is 2. The zero-order valence-corrected chi connectivity index (χ0v) is 14.0. The first kappa shape index (κ1) is 15.3. The van der Waals surface area contributed by atoms with Gasteiger partial charge < -0.3 is 4.90 Å². The highest BCUT2D eigenvalue weighted by Gasteiger charge is 2.40. The zero-order valence-electron chi connectivity index (χ0n) is 13.2. The number of hydrogen-bond donors (Lipinski definition) is 0. The number of rotatable bonds is 2. The number of halogens is 1. The van der Waals surface area contributed by atoms with Gasteiger partial charge in [0.15, 0.2) is 0 Å². The average molecular weight is 340 g/mol. The molecule has 1 aromatic heterocycles. The quantitative estimate of drug-likeness (QED) is 0.803. The van der Waals surface area contributed by atoms with Gasteiger partial charge in [0.2, 0.25) is 0 Å². The Hall–Kier alpha value is -2.19. The van der Waals surface area contributed by atoms with Gasteiger partial charge in [-0.15, -0.1) is 11.3 Å². The van der Waals surface area contributed by atoms with Gasteiger partial charge in [0.05, 0.1) is 10.4 Å². The van der Waals surface area contributed by atoms with Crippen molar-refractivity contribution in [3.05, 3.63) is 45.9 Å². The molecule has 3 heterocycles. The lowest BCUT2D eigenvalue weighted by atomic mass is 10.0. The largest absolute Gasteiger partial charge is 0.332 e. The Bertz CT molecular complexity index is 822. The minimum absolute atomic E-state index is 0.0372. The van der Waals surface area contributed by atoms with E-state index in [9.17, 15) is 9.18 Å². The SMILES string of the molecule is N#Cc1ccc(-c2csc(C(=O)N3C4CCCC3CC4)c2)cc1F. The van der Waals surface area contributed by atoms with Crippen LogP contribution in [0.25, 0.3) is 11.1 Å². The molecule has 2 saturated heterocycles. The molecule has 2 bridgehead atoms. The predicted octanol–water partition coefficient (Wildman–Crippen LogP) is 4.58. The van der Waals surface area contributed by atoms with E-state index >= 15 is 0 Å². The van der Waals surface area contributed by atoms with Gasteiger partial charge in [-0.2, -0.15) is 5.26 Å². The maximum atomic E-state index is 13.8. The molecule has 4 rings (SSSR count). The zero-order chi connectivity index (χ0) is 16.7. The van der Waals surface area contributed by atoms with Gasteiger partial charge in [-0.1, -0.05) is 6.07 Å². The Morgan fingerprint density at radius 2 is 1.92 bits per heavy atom. The molecule has 3 nitrogen and oxygen atoms in total. The summed E-state index contributed by atoms with van der Waals surface area (Å²) in [5.74, 6) is -0.407. The van der Waals surface area contributed by atoms with Crippen LogP contribution in [0.3, 0.4) is 0 Å². The third-order valence-corrected chi connectivity index (χ3v) is 6.08. The summed E-state index contributed by atoms with van der Waals surface area (Å²) < 4.78 is 13.8. The van der Waals surface area contributed by atoms with E-state index in [1.54, 1.807) is 6.07 Å². The third-order valence-electron chi connectivity index (χ3n) is 5.16. The van der Waals surface area contributed by atoms with Crippen molar-refractivity contribution in [1.82, 2.24) is 4.90 Å². The van der Waals surface area contributed by atoms with E-state index in [1.165, 1.54) is 29.9 Å². The Morgan fingerprint density at radius 3 is 2.58 bits per heavy atom. The summed E-state index contributed by atoms with van der Waals surface area (Å²) in [7, 11) is 0. The molecule has 2 aliphatic heterocycles. The van der Waals surface area contributed by atoms with Crippen LogP contribution < -0.4 is 0 Å². The fourth-order valence-electron chi connectivity index (χ4n) is 3.96. The normalized spacial score (nSPS) is 22.4. The Morgan fingerprint density at radius 1 is 1.17 bits per heavy atom. The minimum atomic E-state index is -0.525. The highest BCUT2D eigenvalue weighted by molar-refractivity contribution is 7.12. The van der Waals surface area contributed by atoms with Crippen molar-refractivity contribution in [3.8, 4) is 17.2 Å². The van der Waals surface area contributed by atoms with Gasteiger partial charge in [-0.3, -0.25) is 4.79 Å². The fraction of sp³-hybridized carbons (Fsp3) is 0.368. The summed E-state index contributed by atoms with van der Waals surface area (Å²) in [4.78, 5) is 15.7. The van der Waals surface area contributed by atoms with E-state index in [4.69, 9.17) is 5.26 Å². The molecule has 1 aromatic carbocycles. The van der Waals surface area contributed by atoms with Crippen LogP contribution >= 0.6 is 11.3 Å². The third kappa shape index (κ3) is 2.51. The molecule has 0 radical (unpaired) electrons. The smallest absolute Gasteiger partial charge is 0.264 e. The van der Waals surface area contributed by atoms with Crippen molar-refractivity contribution in [3.63, 3.8) is 0 Å². The van der Waals surface area contributed by atoms with E-state index in [-0.39, 0.29) is 11.5 Å². The van der Waals surface area contributed by atoms with Gasteiger partial charge in [0, 0.05) is 12.1 Å². The lowest BCUT2D eigenvalue weighted by Gasteiger charge is -2.34. The summed E-state index contributed by atoms with van der Waals surface area (Å²) in [6.45, 7) is 0. The number of benzene rings is 1. The van der Waals surface area contributed by atoms with E-state index in [1.807, 2.05) is 17.5 Å². The van der Waals surface area contributed by atoms with E-state index in [0.717, 1.165) is 31.2 Å². The van der Waals surface area contributed by atoms with Crippen LogP contribution in [0.15, 0.2) is 29.6 Å². The maximum absolute atomic E-state index is 13.8. The number of nitriles is 1. The minimum Gasteiger partial charge on any atom is -0.332 e. The molecule has 2 unspecified atom stereocenters. The van der Waals surface area contributed by atoms with Crippen LogP contribution in [0.5, 0.6) is 0 Å². The van der Waals surface area contributed by atoms with Crippen molar-refractivity contribution in [2.24, 2.45) is 0 Å². The predicted molar refractivity (Wildman–Crippen MR) is 91.3 cm³/mol. The summed E-state index contributed by atoms with van der Waals surface area (Å²) in [5.41, 5.74) is 1.56. The molecular formula is C19H17FN2OS. The number of thiophene rings is 1. The van der Waals surface area contributed by atoms with Crippen molar-refractivity contribution >= 4 is 17.2 Å². The summed E-state index contributed by atoms with van der Waals surface area (Å²) in [5, 5.41) is 10.7. The molecule has 24 heavy (non-hydrogen) atoms. The van der Waals surface area contributed by atoms with Crippen LogP contribution in [0.1, 0.15) is 47.3 Å². The van der Waals surface area contributed by atoms with E-state index in [2.05, 4.69) is 4.90 Å². The first-order valence-corrected chi connectivity index (χ1v) is 9.16. The molecule has 0 spiro atoms. The topological polar surface area (TPSA) is 44.1 Å². The Kier molecular flexibility index (Phi) is 3.85. The monoisotopic (exact) mass is 340 g/mol. The van der Waals surface area contributed by atoms with Crippen molar-refractivity contribution in [1.29, 1.82) is 5.26 Å². The highest BCUT2D eigenvalue weighted by atomic mass is 32.1. The van der Waals surface area contributed by atoms with Crippen LogP contribution in [0, 0.1) is 17.1 Å². The second-order valence-electron chi connectivity index (χ2n) is 6.53. The first-order valence-electron chi connectivity index (χ1n) is 8.28. The number of amides is 1.